The second-order valence-corrected chi connectivity index (χ2v) is 8.68. The zero-order chi connectivity index (χ0) is 30.2. The molecule has 0 aliphatic rings. The van der Waals surface area contributed by atoms with E-state index in [9.17, 15) is 27.6 Å². The van der Waals surface area contributed by atoms with Crippen molar-refractivity contribution >= 4 is 40.1 Å². The Balaban J connectivity index is 1.97. The summed E-state index contributed by atoms with van der Waals surface area (Å²) in [5.74, 6) is -2.71. The number of ether oxygens (including phenoxy) is 4. The van der Waals surface area contributed by atoms with Crippen molar-refractivity contribution in [2.24, 2.45) is 5.73 Å². The Labute approximate surface area is 233 Å². The number of hydrogen-bond acceptors (Lipinski definition) is 9. The van der Waals surface area contributed by atoms with Crippen LogP contribution in [0.5, 0.6) is 11.5 Å². The third-order valence-corrected chi connectivity index (χ3v) is 5.98. The molecule has 10 nitrogen and oxygen atoms in total. The number of halogens is 3. The summed E-state index contributed by atoms with van der Waals surface area (Å²) in [6.07, 6.45) is -2.85. The van der Waals surface area contributed by atoms with Gasteiger partial charge in [-0.1, -0.05) is 19.1 Å². The molecule has 0 spiro atoms. The number of esters is 2. The molecule has 0 radical (unpaired) electrons. The number of rotatable bonds is 13. The Kier molecular flexibility index (Phi) is 10.3. The molecule has 0 saturated heterocycles. The van der Waals surface area contributed by atoms with Gasteiger partial charge in [-0.05, 0) is 43.0 Å². The number of fused-ring (bicyclic) bond motifs is 1. The minimum absolute atomic E-state index is 0.0543. The van der Waals surface area contributed by atoms with Crippen LogP contribution < -0.4 is 20.5 Å². The number of methoxy groups -OCH3 is 1. The first-order valence-electron chi connectivity index (χ1n) is 12.7. The van der Waals surface area contributed by atoms with E-state index in [1.165, 1.54) is 13.3 Å². The Morgan fingerprint density at radius 3 is 2.46 bits per heavy atom. The topological polar surface area (TPSA) is 139 Å². The number of nitrogens with two attached hydrogens (primary N) is 1. The van der Waals surface area contributed by atoms with Crippen LogP contribution in [0.4, 0.5) is 24.5 Å². The molecule has 0 saturated carbocycles. The van der Waals surface area contributed by atoms with Crippen LogP contribution in [0.3, 0.4) is 0 Å². The van der Waals surface area contributed by atoms with Crippen molar-refractivity contribution in [3.63, 3.8) is 0 Å². The van der Waals surface area contributed by atoms with Crippen molar-refractivity contribution < 1.29 is 46.5 Å². The Morgan fingerprint density at radius 2 is 1.83 bits per heavy atom. The lowest BCUT2D eigenvalue weighted by Gasteiger charge is -2.19. The number of carbonyl (C=O) groups excluding carboxylic acids is 3. The van der Waals surface area contributed by atoms with E-state index >= 15 is 0 Å². The third-order valence-electron chi connectivity index (χ3n) is 5.98. The van der Waals surface area contributed by atoms with Crippen LogP contribution in [-0.2, 0) is 32.1 Å². The smallest absolute Gasteiger partial charge is 0.490 e. The van der Waals surface area contributed by atoms with Crippen LogP contribution >= 0.6 is 0 Å². The summed E-state index contributed by atoms with van der Waals surface area (Å²) < 4.78 is 58.6. The zero-order valence-electron chi connectivity index (χ0n) is 22.7. The quantitative estimate of drug-likeness (QED) is 0.213. The van der Waals surface area contributed by atoms with E-state index in [2.05, 4.69) is 15.0 Å². The number of hydrogen-bond donors (Lipinski definition) is 2. The molecule has 0 aliphatic heterocycles. The van der Waals surface area contributed by atoms with Gasteiger partial charge in [0.1, 0.15) is 6.61 Å². The lowest BCUT2D eigenvalue weighted by atomic mass is 10.0. The van der Waals surface area contributed by atoms with E-state index in [1.54, 1.807) is 44.2 Å². The minimum atomic E-state index is -5.11. The van der Waals surface area contributed by atoms with Crippen LogP contribution in [0.2, 0.25) is 0 Å². The van der Waals surface area contributed by atoms with Gasteiger partial charge in [0.15, 0.2) is 11.5 Å². The summed E-state index contributed by atoms with van der Waals surface area (Å²) >= 11 is 0. The van der Waals surface area contributed by atoms with E-state index in [4.69, 9.17) is 19.9 Å². The summed E-state index contributed by atoms with van der Waals surface area (Å²) in [4.78, 5) is 39.5. The molecule has 0 bridgehead atoms. The highest BCUT2D eigenvalue weighted by atomic mass is 19.4. The van der Waals surface area contributed by atoms with Gasteiger partial charge in [0, 0.05) is 29.8 Å². The number of primary amides is 1. The predicted molar refractivity (Wildman–Crippen MR) is 143 cm³/mol. The Hall–Kier alpha value is -4.55. The normalized spacial score (nSPS) is 11.2. The van der Waals surface area contributed by atoms with E-state index in [0.717, 1.165) is 0 Å². The average molecular weight is 578 g/mol. The molecular formula is C28H30F3N3O7. The van der Waals surface area contributed by atoms with Gasteiger partial charge >= 0.3 is 18.1 Å². The fourth-order valence-corrected chi connectivity index (χ4v) is 4.09. The van der Waals surface area contributed by atoms with Crippen molar-refractivity contribution in [1.82, 2.24) is 4.98 Å². The Bertz CT molecular complexity index is 1430. The molecule has 1 amide bonds. The number of alkyl halides is 3. The van der Waals surface area contributed by atoms with Crippen molar-refractivity contribution in [3.05, 3.63) is 53.2 Å². The van der Waals surface area contributed by atoms with Gasteiger partial charge in [0.2, 0.25) is 0 Å². The van der Waals surface area contributed by atoms with Crippen molar-refractivity contribution in [3.8, 4) is 11.5 Å². The lowest BCUT2D eigenvalue weighted by Crippen LogP contribution is -2.25. The molecule has 13 heteroatoms. The first kappa shape index (κ1) is 31.0. The van der Waals surface area contributed by atoms with Crippen LogP contribution in [0.15, 0.2) is 36.5 Å². The standard InChI is InChI=1S/C28H30F3N3O7/c1-4-17-16(15-41-27(37)28(29,30)31)8-6-9-20(17)34-25-18-12-22(38-3)23(40-11-7-10-24(35)39-5-2)13-21(18)33-14-19(25)26(32)36/h6,8-9,12-14H,4-5,7,10-11,15H2,1-3H3,(H2,32,36)(H,33,34). The fourth-order valence-electron chi connectivity index (χ4n) is 4.09. The number of pyridine rings is 1. The van der Waals surface area contributed by atoms with Gasteiger partial charge < -0.3 is 30.0 Å². The molecule has 220 valence electrons. The number of aromatic nitrogens is 1. The summed E-state index contributed by atoms with van der Waals surface area (Å²) in [6, 6.07) is 8.01. The van der Waals surface area contributed by atoms with Gasteiger partial charge in [-0.3, -0.25) is 14.6 Å². The first-order valence-corrected chi connectivity index (χ1v) is 12.7. The number of nitrogens with zero attached hydrogens (tertiary/aromatic N) is 1. The van der Waals surface area contributed by atoms with Gasteiger partial charge in [0.05, 0.1) is 37.1 Å². The maximum atomic E-state index is 12.6. The molecule has 3 aromatic rings. The van der Waals surface area contributed by atoms with E-state index in [-0.39, 0.29) is 30.2 Å². The summed E-state index contributed by atoms with van der Waals surface area (Å²) in [5.41, 5.74) is 7.77. The summed E-state index contributed by atoms with van der Waals surface area (Å²) in [6.45, 7) is 3.41. The van der Waals surface area contributed by atoms with Gasteiger partial charge in [-0.25, -0.2) is 4.79 Å². The lowest BCUT2D eigenvalue weighted by molar-refractivity contribution is -0.201. The second-order valence-electron chi connectivity index (χ2n) is 8.68. The number of amides is 1. The minimum Gasteiger partial charge on any atom is -0.493 e. The second kappa shape index (κ2) is 13.7. The number of carbonyl (C=O) groups is 3. The molecule has 3 N–H and O–H groups in total. The van der Waals surface area contributed by atoms with Gasteiger partial charge in [0.25, 0.3) is 5.91 Å². The van der Waals surface area contributed by atoms with E-state index in [0.29, 0.717) is 58.7 Å². The highest BCUT2D eigenvalue weighted by Crippen LogP contribution is 2.38. The SMILES string of the molecule is CCOC(=O)CCCOc1cc2ncc(C(N)=O)c(Nc3cccc(COC(=O)C(F)(F)F)c3CC)c2cc1OC. The van der Waals surface area contributed by atoms with Crippen molar-refractivity contribution in [1.29, 1.82) is 0 Å². The highest BCUT2D eigenvalue weighted by molar-refractivity contribution is 6.08. The van der Waals surface area contributed by atoms with Crippen molar-refractivity contribution in [2.45, 2.75) is 45.9 Å². The zero-order valence-corrected chi connectivity index (χ0v) is 22.7. The Morgan fingerprint density at radius 1 is 1.07 bits per heavy atom. The maximum absolute atomic E-state index is 12.6. The van der Waals surface area contributed by atoms with E-state index in [1.807, 2.05) is 0 Å². The maximum Gasteiger partial charge on any atom is 0.490 e. The highest BCUT2D eigenvalue weighted by Gasteiger charge is 2.41. The molecule has 0 fully saturated rings. The molecule has 0 aliphatic carbocycles. The largest absolute Gasteiger partial charge is 0.493 e. The first-order chi connectivity index (χ1) is 19.5. The molecule has 3 rings (SSSR count). The van der Waals surface area contributed by atoms with Crippen LogP contribution in [0.25, 0.3) is 10.9 Å². The van der Waals surface area contributed by atoms with Crippen LogP contribution in [0.1, 0.15) is 48.2 Å². The predicted octanol–water partition coefficient (Wildman–Crippen LogP) is 4.98. The summed E-state index contributed by atoms with van der Waals surface area (Å²) in [7, 11) is 1.44. The number of anilines is 2. The van der Waals surface area contributed by atoms with Gasteiger partial charge in [-0.2, -0.15) is 13.2 Å². The van der Waals surface area contributed by atoms with E-state index < -0.39 is 24.7 Å². The fraction of sp³-hybridized carbons (Fsp3) is 0.357. The molecular weight excluding hydrogens is 547 g/mol. The monoisotopic (exact) mass is 577 g/mol. The molecule has 0 unspecified atom stereocenters. The summed E-state index contributed by atoms with van der Waals surface area (Å²) in [5, 5.41) is 3.62. The van der Waals surface area contributed by atoms with Crippen LogP contribution in [0, 0.1) is 0 Å². The molecule has 1 heterocycles. The molecule has 1 aromatic heterocycles. The number of nitrogens with one attached hydrogen (secondary N) is 1. The average Bonchev–Trinajstić information content (AvgIpc) is 2.93. The third kappa shape index (κ3) is 7.77. The molecule has 2 aromatic carbocycles. The van der Waals surface area contributed by atoms with Gasteiger partial charge in [-0.15, -0.1) is 0 Å². The molecule has 0 atom stereocenters. The van der Waals surface area contributed by atoms with Crippen molar-refractivity contribution in [2.75, 3.05) is 25.6 Å². The number of benzene rings is 2. The van der Waals surface area contributed by atoms with Crippen LogP contribution in [-0.4, -0.2) is 49.3 Å². The molecule has 41 heavy (non-hydrogen) atoms.